The highest BCUT2D eigenvalue weighted by Gasteiger charge is 2.21. The van der Waals surface area contributed by atoms with Gasteiger partial charge in [-0.1, -0.05) is 12.1 Å². The number of anilines is 1. The summed E-state index contributed by atoms with van der Waals surface area (Å²) in [6.45, 7) is 3.33. The molecule has 1 N–H and O–H groups in total. The number of hydrogen-bond donors (Lipinski definition) is 1. The smallest absolute Gasteiger partial charge is 0.305 e. The van der Waals surface area contributed by atoms with Crippen molar-refractivity contribution >= 4 is 29.5 Å². The van der Waals surface area contributed by atoms with E-state index < -0.39 is 0 Å². The Morgan fingerprint density at radius 2 is 2.04 bits per heavy atom. The van der Waals surface area contributed by atoms with Crippen LogP contribution in [-0.4, -0.2) is 37.5 Å². The van der Waals surface area contributed by atoms with Crippen molar-refractivity contribution in [2.75, 3.05) is 24.6 Å². The molecule has 0 saturated carbocycles. The van der Waals surface area contributed by atoms with E-state index in [2.05, 4.69) is 5.32 Å². The fourth-order valence-corrected chi connectivity index (χ4v) is 2.59. The Kier molecular flexibility index (Phi) is 7.19. The van der Waals surface area contributed by atoms with Crippen LogP contribution in [0.3, 0.4) is 0 Å². The molecule has 1 aliphatic heterocycles. The number of rotatable bonds is 8. The first-order valence-electron chi connectivity index (χ1n) is 8.62. The third kappa shape index (κ3) is 6.06. The third-order valence-electron chi connectivity index (χ3n) is 3.87. The van der Waals surface area contributed by atoms with E-state index in [-0.39, 0.29) is 17.8 Å². The lowest BCUT2D eigenvalue weighted by Crippen LogP contribution is -2.23. The minimum absolute atomic E-state index is 0.158. The van der Waals surface area contributed by atoms with Crippen LogP contribution in [0.25, 0.3) is 6.08 Å². The summed E-state index contributed by atoms with van der Waals surface area (Å²) >= 11 is 0. The summed E-state index contributed by atoms with van der Waals surface area (Å²) in [7, 11) is 0. The van der Waals surface area contributed by atoms with Gasteiger partial charge >= 0.3 is 5.97 Å². The maximum absolute atomic E-state index is 11.7. The van der Waals surface area contributed by atoms with Crippen molar-refractivity contribution < 1.29 is 19.1 Å². The fourth-order valence-electron chi connectivity index (χ4n) is 2.59. The molecule has 2 rings (SSSR count). The predicted molar refractivity (Wildman–Crippen MR) is 95.9 cm³/mol. The quantitative estimate of drug-likeness (QED) is 0.446. The average Bonchev–Trinajstić information content (AvgIpc) is 3.03. The molecule has 0 unspecified atom stereocenters. The lowest BCUT2D eigenvalue weighted by Gasteiger charge is -2.15. The molecule has 1 aromatic rings. The Morgan fingerprint density at radius 1 is 1.28 bits per heavy atom. The molecule has 1 fully saturated rings. The topological polar surface area (TPSA) is 75.7 Å². The van der Waals surface area contributed by atoms with Crippen LogP contribution in [-0.2, 0) is 19.1 Å². The molecule has 1 aromatic carbocycles. The summed E-state index contributed by atoms with van der Waals surface area (Å²) in [5.41, 5.74) is 1.78. The lowest BCUT2D eigenvalue weighted by atomic mass is 10.2. The number of carbonyl (C=O) groups excluding carboxylic acids is 3. The summed E-state index contributed by atoms with van der Waals surface area (Å²) in [5.74, 6) is -0.294. The molecule has 25 heavy (non-hydrogen) atoms. The van der Waals surface area contributed by atoms with Crippen LogP contribution in [0.1, 0.15) is 38.2 Å². The van der Waals surface area contributed by atoms with E-state index in [0.717, 1.165) is 24.2 Å². The fraction of sp³-hybridized carbons (Fsp3) is 0.421. The SMILES string of the molecule is CCOC(=O)CCCNC(=O)/C=C/c1ccc(N2CCCC2=O)cc1. The summed E-state index contributed by atoms with van der Waals surface area (Å²) in [5, 5.41) is 2.73. The molecule has 1 saturated heterocycles. The standard InChI is InChI=1S/C19H24N2O4/c1-2-25-19(24)6-3-13-20-17(22)12-9-15-7-10-16(11-8-15)21-14-4-5-18(21)23/h7-12H,2-6,13-14H2,1H3,(H,20,22)/b12-9+. The zero-order valence-corrected chi connectivity index (χ0v) is 14.5. The van der Waals surface area contributed by atoms with Crippen LogP contribution in [0.5, 0.6) is 0 Å². The molecular formula is C19H24N2O4. The van der Waals surface area contributed by atoms with Gasteiger partial charge in [0.05, 0.1) is 6.61 Å². The first-order chi connectivity index (χ1) is 12.1. The number of nitrogens with zero attached hydrogens (tertiary/aromatic N) is 1. The third-order valence-corrected chi connectivity index (χ3v) is 3.87. The summed E-state index contributed by atoms with van der Waals surface area (Å²) < 4.78 is 4.82. The van der Waals surface area contributed by atoms with Crippen molar-refractivity contribution in [2.24, 2.45) is 0 Å². The Balaban J connectivity index is 1.74. The molecule has 0 aliphatic carbocycles. The molecule has 1 aliphatic rings. The van der Waals surface area contributed by atoms with E-state index in [4.69, 9.17) is 4.74 Å². The Bertz CT molecular complexity index is 637. The normalized spacial score (nSPS) is 14.1. The van der Waals surface area contributed by atoms with Gasteiger partial charge in [0.1, 0.15) is 0 Å². The van der Waals surface area contributed by atoms with Gasteiger partial charge in [0.25, 0.3) is 0 Å². The van der Waals surface area contributed by atoms with E-state index in [1.165, 1.54) is 6.08 Å². The van der Waals surface area contributed by atoms with Gasteiger partial charge in [-0.25, -0.2) is 0 Å². The van der Waals surface area contributed by atoms with E-state index in [1.807, 2.05) is 24.3 Å². The predicted octanol–water partition coefficient (Wildman–Crippen LogP) is 2.29. The minimum atomic E-state index is -0.246. The van der Waals surface area contributed by atoms with E-state index in [9.17, 15) is 14.4 Å². The number of benzene rings is 1. The molecule has 2 amide bonds. The van der Waals surface area contributed by atoms with Crippen LogP contribution in [0.2, 0.25) is 0 Å². The van der Waals surface area contributed by atoms with Crippen molar-refractivity contribution in [1.82, 2.24) is 5.32 Å². The largest absolute Gasteiger partial charge is 0.466 e. The zero-order chi connectivity index (χ0) is 18.1. The van der Waals surface area contributed by atoms with Crippen molar-refractivity contribution in [3.8, 4) is 0 Å². The van der Waals surface area contributed by atoms with Gasteiger partial charge in [0.2, 0.25) is 11.8 Å². The van der Waals surface area contributed by atoms with Crippen LogP contribution >= 0.6 is 0 Å². The molecular weight excluding hydrogens is 320 g/mol. The first-order valence-corrected chi connectivity index (χ1v) is 8.62. The number of amides is 2. The maximum Gasteiger partial charge on any atom is 0.305 e. The highest BCUT2D eigenvalue weighted by Crippen LogP contribution is 2.21. The van der Waals surface area contributed by atoms with Gasteiger partial charge in [0, 0.05) is 37.7 Å². The van der Waals surface area contributed by atoms with Crippen molar-refractivity contribution in [3.63, 3.8) is 0 Å². The lowest BCUT2D eigenvalue weighted by molar-refractivity contribution is -0.143. The Hall–Kier alpha value is -2.63. The molecule has 0 radical (unpaired) electrons. The van der Waals surface area contributed by atoms with Crippen LogP contribution in [0, 0.1) is 0 Å². The molecule has 134 valence electrons. The van der Waals surface area contributed by atoms with Crippen molar-refractivity contribution in [1.29, 1.82) is 0 Å². The summed E-state index contributed by atoms with van der Waals surface area (Å²) in [6, 6.07) is 7.54. The molecule has 0 aromatic heterocycles. The van der Waals surface area contributed by atoms with Gasteiger partial charge in [-0.15, -0.1) is 0 Å². The Morgan fingerprint density at radius 3 is 2.68 bits per heavy atom. The van der Waals surface area contributed by atoms with Crippen LogP contribution in [0.15, 0.2) is 30.3 Å². The molecule has 1 heterocycles. The second kappa shape index (κ2) is 9.61. The number of ether oxygens (including phenoxy) is 1. The maximum atomic E-state index is 11.7. The number of nitrogens with one attached hydrogen (secondary N) is 1. The first kappa shape index (κ1) is 18.7. The molecule has 0 spiro atoms. The number of esters is 1. The van der Waals surface area contributed by atoms with E-state index >= 15 is 0 Å². The van der Waals surface area contributed by atoms with Gasteiger partial charge in [-0.2, -0.15) is 0 Å². The van der Waals surface area contributed by atoms with Crippen LogP contribution < -0.4 is 10.2 Å². The highest BCUT2D eigenvalue weighted by atomic mass is 16.5. The molecule has 6 heteroatoms. The zero-order valence-electron chi connectivity index (χ0n) is 14.5. The van der Waals surface area contributed by atoms with Crippen LogP contribution in [0.4, 0.5) is 5.69 Å². The number of carbonyl (C=O) groups is 3. The minimum Gasteiger partial charge on any atom is -0.466 e. The van der Waals surface area contributed by atoms with Gasteiger partial charge in [-0.05, 0) is 43.5 Å². The summed E-state index contributed by atoms with van der Waals surface area (Å²) in [6.07, 6.45) is 5.54. The molecule has 0 bridgehead atoms. The molecule has 6 nitrogen and oxygen atoms in total. The second-order valence-electron chi connectivity index (χ2n) is 5.77. The van der Waals surface area contributed by atoms with Gasteiger partial charge < -0.3 is 15.0 Å². The summed E-state index contributed by atoms with van der Waals surface area (Å²) in [4.78, 5) is 36.4. The average molecular weight is 344 g/mol. The van der Waals surface area contributed by atoms with Crippen molar-refractivity contribution in [2.45, 2.75) is 32.6 Å². The monoisotopic (exact) mass is 344 g/mol. The Labute approximate surface area is 147 Å². The molecule has 0 atom stereocenters. The van der Waals surface area contributed by atoms with Crippen molar-refractivity contribution in [3.05, 3.63) is 35.9 Å². The van der Waals surface area contributed by atoms with E-state index in [0.29, 0.717) is 32.4 Å². The number of hydrogen-bond acceptors (Lipinski definition) is 4. The van der Waals surface area contributed by atoms with Gasteiger partial charge in [0.15, 0.2) is 0 Å². The van der Waals surface area contributed by atoms with Gasteiger partial charge in [-0.3, -0.25) is 14.4 Å². The van der Waals surface area contributed by atoms with E-state index in [1.54, 1.807) is 17.9 Å². The second-order valence-corrected chi connectivity index (χ2v) is 5.77. The highest BCUT2D eigenvalue weighted by molar-refractivity contribution is 5.95.